The molecule has 251 valence electrons. The minimum absolute atomic E-state index is 0. The summed E-state index contributed by atoms with van der Waals surface area (Å²) in [5.41, 5.74) is 10.9. The fraction of sp³-hybridized carbons (Fsp3) is 0.500. The van der Waals surface area contributed by atoms with Gasteiger partial charge in [-0.05, 0) is 23.6 Å². The first-order valence-corrected chi connectivity index (χ1v) is 18.1. The zero-order valence-corrected chi connectivity index (χ0v) is 29.2. The zero-order valence-electron chi connectivity index (χ0n) is 23.8. The number of nitrogens with zero attached hydrogens (tertiary/aromatic N) is 7. The van der Waals surface area contributed by atoms with Gasteiger partial charge in [0.2, 0.25) is 5.95 Å². The Morgan fingerprint density at radius 2 is 1.47 bits per heavy atom. The summed E-state index contributed by atoms with van der Waals surface area (Å²) in [4.78, 5) is 56.6. The molecule has 7 heterocycles. The number of anilines is 2. The van der Waals surface area contributed by atoms with Gasteiger partial charge in [0.1, 0.15) is 36.3 Å². The van der Waals surface area contributed by atoms with E-state index in [0.717, 1.165) is 17.2 Å². The first-order chi connectivity index (χ1) is 21.3. The van der Waals surface area contributed by atoms with Crippen molar-refractivity contribution < 1.29 is 51.6 Å². The van der Waals surface area contributed by atoms with Crippen molar-refractivity contribution in [3.63, 3.8) is 0 Å². The van der Waals surface area contributed by atoms with E-state index < -0.39 is 81.4 Å². The molecule has 7 rings (SSSR count). The second-order valence-corrected chi connectivity index (χ2v) is 15.6. The number of hydrogen-bond acceptors (Lipinski definition) is 16. The number of H-pyrrole nitrogens is 1. The van der Waals surface area contributed by atoms with Crippen molar-refractivity contribution in [3.05, 3.63) is 29.3 Å². The van der Waals surface area contributed by atoms with E-state index in [1.165, 1.54) is 10.9 Å². The minimum Gasteiger partial charge on any atom is -0.412 e. The number of nitrogen functional groups attached to an aromatic ring is 2. The Bertz CT molecular complexity index is 1960. The molecule has 20 nitrogen and oxygen atoms in total. The molecule has 4 aromatic rings. The SMILES string of the molecule is Nc1nc2c(ncn2[C@@H]2O[C@@H]3COP(O)(=S)O[C@H]4[C@H](F)[C@H](n5cnc6c(N)ncnc65)O[C@@H]4COP(O)(=S)O[C@@H]2[C@@H]3F)c(=O)[nH]1.O.[Na]. The molecule has 3 aliphatic heterocycles. The molecule has 27 heteroatoms. The normalized spacial score (nSPS) is 36.1. The molecule has 3 fully saturated rings. The number of imidazole rings is 2. The predicted octanol–water partition coefficient (Wildman–Crippen LogP) is -1.36. The van der Waals surface area contributed by atoms with E-state index in [-0.39, 0.29) is 69.1 Å². The topological polar surface area (TPSA) is 287 Å². The van der Waals surface area contributed by atoms with Gasteiger partial charge in [0, 0.05) is 29.6 Å². The average Bonchev–Trinajstić information content (AvgIpc) is 3.72. The summed E-state index contributed by atoms with van der Waals surface area (Å²) in [6, 6.07) is 0. The second kappa shape index (κ2) is 13.5. The molecule has 2 bridgehead atoms. The van der Waals surface area contributed by atoms with Crippen LogP contribution in [0.15, 0.2) is 23.8 Å². The summed E-state index contributed by atoms with van der Waals surface area (Å²) in [7, 11) is 0. The molecule has 10 atom stereocenters. The molecule has 0 spiro atoms. The Kier molecular flexibility index (Phi) is 10.5. The third-order valence-electron chi connectivity index (χ3n) is 7.23. The molecule has 3 aliphatic rings. The first kappa shape index (κ1) is 36.6. The largest absolute Gasteiger partial charge is 0.412 e. The number of aromatic nitrogens is 8. The Labute approximate surface area is 293 Å². The van der Waals surface area contributed by atoms with E-state index in [1.54, 1.807) is 0 Å². The standard InChI is InChI=1S/C20H22F2N10O9P2S2.Na.H2O/c21-8-6-1-36-42(34,44)40-12-7(39-18(9(12)22)31-4-27-10-14(23)25-3-26-15(10)31)2-37-43(35,45)41-13(8)19(38-6)32-5-28-11-16(32)29-20(24)30-17(11)33;;/h3-9,12-13,18-19H,1-2H2,(H,34,44)(H,35,45)(H2,23,25,26)(H3,24,29,30,33);;1H2/t6-,7-,8-,9+,12-,13-,18-,19-,42?,43?;;/m1../s1. The van der Waals surface area contributed by atoms with Gasteiger partial charge < -0.3 is 45.3 Å². The number of fused-ring (bicyclic) bond motifs is 5. The fourth-order valence-corrected chi connectivity index (χ4v) is 8.07. The van der Waals surface area contributed by atoms with Crippen LogP contribution in [-0.2, 0) is 51.2 Å². The van der Waals surface area contributed by atoms with Gasteiger partial charge in [-0.2, -0.15) is 4.98 Å². The molecule has 47 heavy (non-hydrogen) atoms. The smallest absolute Gasteiger partial charge is 0.325 e. The third kappa shape index (κ3) is 6.76. The van der Waals surface area contributed by atoms with Gasteiger partial charge in [0.25, 0.3) is 5.56 Å². The van der Waals surface area contributed by atoms with E-state index in [1.807, 2.05) is 0 Å². The van der Waals surface area contributed by atoms with Gasteiger partial charge in [-0.3, -0.25) is 28.0 Å². The number of ether oxygens (including phenoxy) is 2. The van der Waals surface area contributed by atoms with E-state index in [4.69, 9.17) is 62.6 Å². The van der Waals surface area contributed by atoms with Gasteiger partial charge in [0.15, 0.2) is 47.4 Å². The van der Waals surface area contributed by atoms with Crippen LogP contribution in [0.4, 0.5) is 20.5 Å². The number of hydrogen-bond donors (Lipinski definition) is 5. The molecule has 0 saturated carbocycles. The van der Waals surface area contributed by atoms with Crippen LogP contribution in [0, 0.1) is 0 Å². The van der Waals surface area contributed by atoms with Crippen LogP contribution < -0.4 is 17.0 Å². The average molecular weight is 752 g/mol. The van der Waals surface area contributed by atoms with Crippen LogP contribution in [0.2, 0.25) is 0 Å². The second-order valence-electron chi connectivity index (χ2n) is 10.0. The fourth-order valence-electron chi connectivity index (χ4n) is 5.23. The Morgan fingerprint density at radius 1 is 0.872 bits per heavy atom. The van der Waals surface area contributed by atoms with Crippen molar-refractivity contribution in [2.75, 3.05) is 24.7 Å². The van der Waals surface area contributed by atoms with Crippen LogP contribution in [0.25, 0.3) is 22.3 Å². The summed E-state index contributed by atoms with van der Waals surface area (Å²) >= 11 is 10.3. The molecule has 2 unspecified atom stereocenters. The van der Waals surface area contributed by atoms with Crippen molar-refractivity contribution in [3.8, 4) is 0 Å². The van der Waals surface area contributed by atoms with Crippen LogP contribution in [0.1, 0.15) is 12.5 Å². The minimum atomic E-state index is -4.35. The third-order valence-corrected chi connectivity index (χ3v) is 10.4. The van der Waals surface area contributed by atoms with Crippen molar-refractivity contribution in [1.82, 2.24) is 39.0 Å². The van der Waals surface area contributed by atoms with E-state index >= 15 is 8.78 Å². The molecule has 0 amide bonds. The monoisotopic (exact) mass is 751 g/mol. The maximum absolute atomic E-state index is 16.0. The molecule has 1 radical (unpaired) electrons. The number of nitrogens with one attached hydrogen (secondary N) is 1. The van der Waals surface area contributed by atoms with Crippen molar-refractivity contribution >= 4 is 101 Å². The van der Waals surface area contributed by atoms with Crippen LogP contribution in [0.3, 0.4) is 0 Å². The summed E-state index contributed by atoms with van der Waals surface area (Å²) in [6.45, 7) is -10.0. The van der Waals surface area contributed by atoms with Crippen molar-refractivity contribution in [2.24, 2.45) is 0 Å². The summed E-state index contributed by atoms with van der Waals surface area (Å²) in [5.74, 6) is -0.213. The molecule has 3 saturated heterocycles. The van der Waals surface area contributed by atoms with Crippen LogP contribution in [-0.4, -0.2) is 134 Å². The molecule has 9 N–H and O–H groups in total. The quantitative estimate of drug-likeness (QED) is 0.117. The number of alkyl halides is 2. The number of rotatable bonds is 2. The number of aromatic amines is 1. The summed E-state index contributed by atoms with van der Waals surface area (Å²) < 4.78 is 67.9. The van der Waals surface area contributed by atoms with E-state index in [2.05, 4.69) is 29.9 Å². The van der Waals surface area contributed by atoms with Crippen molar-refractivity contribution in [1.29, 1.82) is 0 Å². The predicted molar refractivity (Wildman–Crippen MR) is 164 cm³/mol. The maximum atomic E-state index is 16.0. The van der Waals surface area contributed by atoms with Gasteiger partial charge in [-0.25, -0.2) is 28.7 Å². The Morgan fingerprint density at radius 3 is 2.17 bits per heavy atom. The molecular weight excluding hydrogens is 727 g/mol. The van der Waals surface area contributed by atoms with Gasteiger partial charge in [-0.15, -0.1) is 0 Å². The molecule has 0 aromatic carbocycles. The van der Waals surface area contributed by atoms with Crippen molar-refractivity contribution in [2.45, 2.75) is 49.2 Å². The Hall–Kier alpha value is -1.70. The number of nitrogens with two attached hydrogens (primary N) is 2. The van der Waals surface area contributed by atoms with Crippen LogP contribution in [0.5, 0.6) is 0 Å². The molecule has 4 aromatic heterocycles. The van der Waals surface area contributed by atoms with Gasteiger partial charge >= 0.3 is 13.4 Å². The van der Waals surface area contributed by atoms with E-state index in [9.17, 15) is 14.6 Å². The first-order valence-electron chi connectivity index (χ1n) is 12.9. The zero-order chi connectivity index (χ0) is 31.8. The summed E-state index contributed by atoms with van der Waals surface area (Å²) in [5, 5.41) is 0. The Balaban J connectivity index is 0.00000217. The van der Waals surface area contributed by atoms with Gasteiger partial charge in [0.05, 0.1) is 25.9 Å². The molecule has 0 aliphatic carbocycles. The van der Waals surface area contributed by atoms with Crippen LogP contribution >= 0.6 is 13.4 Å². The van der Waals surface area contributed by atoms with E-state index in [0.29, 0.717) is 0 Å². The maximum Gasteiger partial charge on any atom is 0.325 e. The van der Waals surface area contributed by atoms with Gasteiger partial charge in [-0.1, -0.05) is 0 Å². The summed E-state index contributed by atoms with van der Waals surface area (Å²) in [6.07, 6.45) is -9.65. The molecular formula is C20H24F2N10NaO10P2S2. The number of halogens is 2.